The van der Waals surface area contributed by atoms with Crippen molar-refractivity contribution in [3.8, 4) is 11.4 Å². The summed E-state index contributed by atoms with van der Waals surface area (Å²) in [6.07, 6.45) is 4.02. The summed E-state index contributed by atoms with van der Waals surface area (Å²) in [5.74, 6) is 1.61. The van der Waals surface area contributed by atoms with Gasteiger partial charge in [0.15, 0.2) is 0 Å². The number of carbonyl (C=O) groups is 1. The van der Waals surface area contributed by atoms with E-state index >= 15 is 0 Å². The van der Waals surface area contributed by atoms with Crippen LogP contribution in [0.2, 0.25) is 5.02 Å². The summed E-state index contributed by atoms with van der Waals surface area (Å²) >= 11 is 6.05. The highest BCUT2D eigenvalue weighted by Gasteiger charge is 2.41. The van der Waals surface area contributed by atoms with Crippen LogP contribution in [-0.4, -0.2) is 62.6 Å². The maximum Gasteiger partial charge on any atom is 0.225 e. The number of aromatic nitrogens is 6. The lowest BCUT2D eigenvalue weighted by molar-refractivity contribution is -0.108. The summed E-state index contributed by atoms with van der Waals surface area (Å²) < 4.78 is 14.2. The normalized spacial score (nSPS) is 20.6. The minimum absolute atomic E-state index is 0.0542. The predicted octanol–water partition coefficient (Wildman–Crippen LogP) is 1.69. The lowest BCUT2D eigenvalue weighted by Crippen LogP contribution is -2.30. The number of tetrazole rings is 1. The second kappa shape index (κ2) is 7.60. The molecule has 30 heavy (non-hydrogen) atoms. The van der Waals surface area contributed by atoms with Crippen molar-refractivity contribution >= 4 is 29.5 Å². The molecule has 2 atom stereocenters. The third-order valence-corrected chi connectivity index (χ3v) is 5.84. The number of aldehydes is 1. The first kappa shape index (κ1) is 18.9. The quantitative estimate of drug-likeness (QED) is 0.567. The average molecular weight is 429 g/mol. The Morgan fingerprint density at radius 2 is 1.80 bits per heavy atom. The van der Waals surface area contributed by atoms with Crippen LogP contribution >= 0.6 is 11.6 Å². The molecule has 4 heterocycles. The van der Waals surface area contributed by atoms with E-state index in [0.717, 1.165) is 26.2 Å². The van der Waals surface area contributed by atoms with Crippen molar-refractivity contribution in [2.24, 2.45) is 11.8 Å². The molecule has 0 radical (unpaired) electrons. The van der Waals surface area contributed by atoms with E-state index in [-0.39, 0.29) is 12.4 Å². The molecule has 0 N–H and O–H groups in total. The van der Waals surface area contributed by atoms with E-state index in [4.69, 9.17) is 11.6 Å². The van der Waals surface area contributed by atoms with Crippen molar-refractivity contribution in [1.29, 1.82) is 0 Å². The Labute approximate surface area is 176 Å². The van der Waals surface area contributed by atoms with E-state index in [0.29, 0.717) is 46.2 Å². The fourth-order valence-corrected chi connectivity index (χ4v) is 4.35. The molecule has 2 aliphatic heterocycles. The van der Waals surface area contributed by atoms with Crippen molar-refractivity contribution in [1.82, 2.24) is 30.2 Å². The SMILES string of the molecule is O=CCn1nnc(-c2cnc(N3CC4CN(c5cc(Cl)ccc5F)CC4C3)nc2)n1. The molecule has 0 amide bonds. The second-order valence-electron chi connectivity index (χ2n) is 7.53. The van der Waals surface area contributed by atoms with Gasteiger partial charge in [-0.25, -0.2) is 14.4 Å². The van der Waals surface area contributed by atoms with E-state index in [1.165, 1.54) is 10.9 Å². The molecule has 0 spiro atoms. The lowest BCUT2D eigenvalue weighted by atomic mass is 10.0. The molecule has 2 fully saturated rings. The van der Waals surface area contributed by atoms with Gasteiger partial charge in [0, 0.05) is 55.4 Å². The number of rotatable bonds is 5. The first-order valence-corrected chi connectivity index (χ1v) is 9.97. The van der Waals surface area contributed by atoms with Gasteiger partial charge in [0.1, 0.15) is 18.6 Å². The zero-order chi connectivity index (χ0) is 20.7. The molecule has 2 aromatic heterocycles. The van der Waals surface area contributed by atoms with Crippen molar-refractivity contribution in [3.05, 3.63) is 41.4 Å². The maximum atomic E-state index is 14.2. The van der Waals surface area contributed by atoms with Crippen molar-refractivity contribution in [2.75, 3.05) is 36.0 Å². The number of carbonyl (C=O) groups excluding carboxylic acids is 1. The molecule has 3 aromatic rings. The standard InChI is InChI=1S/C19H18ClFN8O/c20-15-1-2-16(21)17(5-15)27-8-13-10-28(11-14(13)9-27)19-22-6-12(7-23-19)18-24-26-29(25-18)3-4-30/h1-2,4-7,13-14H,3,8-11H2. The molecule has 0 saturated carbocycles. The van der Waals surface area contributed by atoms with Crippen molar-refractivity contribution in [3.63, 3.8) is 0 Å². The largest absolute Gasteiger partial charge is 0.368 e. The van der Waals surface area contributed by atoms with Gasteiger partial charge in [0.2, 0.25) is 11.8 Å². The maximum absolute atomic E-state index is 14.2. The fourth-order valence-electron chi connectivity index (χ4n) is 4.18. The highest BCUT2D eigenvalue weighted by molar-refractivity contribution is 6.30. The van der Waals surface area contributed by atoms with Crippen LogP contribution in [0, 0.1) is 17.7 Å². The van der Waals surface area contributed by atoms with E-state index in [1.807, 2.05) is 0 Å². The summed E-state index contributed by atoms with van der Waals surface area (Å²) in [5.41, 5.74) is 1.21. The first-order chi connectivity index (χ1) is 14.6. The molecule has 2 unspecified atom stereocenters. The van der Waals surface area contributed by atoms with Crippen LogP contribution in [0.3, 0.4) is 0 Å². The molecule has 11 heteroatoms. The monoisotopic (exact) mass is 428 g/mol. The van der Waals surface area contributed by atoms with Crippen LogP contribution in [0.15, 0.2) is 30.6 Å². The Morgan fingerprint density at radius 1 is 1.10 bits per heavy atom. The lowest BCUT2D eigenvalue weighted by Gasteiger charge is -2.23. The number of fused-ring (bicyclic) bond motifs is 1. The van der Waals surface area contributed by atoms with Gasteiger partial charge in [0.05, 0.1) is 11.3 Å². The molecule has 2 aliphatic rings. The minimum Gasteiger partial charge on any atom is -0.368 e. The molecule has 0 aliphatic carbocycles. The van der Waals surface area contributed by atoms with Gasteiger partial charge >= 0.3 is 0 Å². The Morgan fingerprint density at radius 3 is 2.50 bits per heavy atom. The summed E-state index contributed by atoms with van der Waals surface area (Å²) in [6.45, 7) is 3.24. The van der Waals surface area contributed by atoms with Gasteiger partial charge in [-0.3, -0.25) is 0 Å². The fraction of sp³-hybridized carbons (Fsp3) is 0.368. The van der Waals surface area contributed by atoms with Crippen LogP contribution < -0.4 is 9.80 Å². The van der Waals surface area contributed by atoms with Crippen LogP contribution in [-0.2, 0) is 11.3 Å². The third-order valence-electron chi connectivity index (χ3n) is 5.61. The van der Waals surface area contributed by atoms with Crippen LogP contribution in [0.5, 0.6) is 0 Å². The number of hydrogen-bond acceptors (Lipinski definition) is 8. The Bertz CT molecular complexity index is 1060. The molecule has 9 nitrogen and oxygen atoms in total. The van der Waals surface area contributed by atoms with Crippen molar-refractivity contribution in [2.45, 2.75) is 6.54 Å². The zero-order valence-corrected chi connectivity index (χ0v) is 16.7. The van der Waals surface area contributed by atoms with E-state index < -0.39 is 0 Å². The van der Waals surface area contributed by atoms with Crippen LogP contribution in [0.4, 0.5) is 16.0 Å². The molecule has 0 bridgehead atoms. The van der Waals surface area contributed by atoms with Gasteiger partial charge in [-0.2, -0.15) is 4.80 Å². The van der Waals surface area contributed by atoms with Crippen molar-refractivity contribution < 1.29 is 9.18 Å². The average Bonchev–Trinajstić information content (AvgIpc) is 3.45. The van der Waals surface area contributed by atoms with Crippen LogP contribution in [0.1, 0.15) is 0 Å². The summed E-state index contributed by atoms with van der Waals surface area (Å²) in [6, 6.07) is 4.68. The van der Waals surface area contributed by atoms with Crippen LogP contribution in [0.25, 0.3) is 11.4 Å². The van der Waals surface area contributed by atoms with E-state index in [2.05, 4.69) is 35.2 Å². The molecule has 1 aromatic carbocycles. The molecule has 154 valence electrons. The third kappa shape index (κ3) is 3.47. The summed E-state index contributed by atoms with van der Waals surface area (Å²) in [5, 5.41) is 12.4. The highest BCUT2D eigenvalue weighted by atomic mass is 35.5. The summed E-state index contributed by atoms with van der Waals surface area (Å²) in [7, 11) is 0. The van der Waals surface area contributed by atoms with Gasteiger partial charge in [-0.05, 0) is 23.4 Å². The number of nitrogens with zero attached hydrogens (tertiary/aromatic N) is 8. The molecule has 2 saturated heterocycles. The highest BCUT2D eigenvalue weighted by Crippen LogP contribution is 2.36. The number of anilines is 2. The number of benzene rings is 1. The predicted molar refractivity (Wildman–Crippen MR) is 108 cm³/mol. The summed E-state index contributed by atoms with van der Waals surface area (Å²) in [4.78, 5) is 24.9. The van der Waals surface area contributed by atoms with Gasteiger partial charge < -0.3 is 14.6 Å². The van der Waals surface area contributed by atoms with Gasteiger partial charge in [0.25, 0.3) is 0 Å². The molecule has 5 rings (SSSR count). The molecular weight excluding hydrogens is 411 g/mol. The van der Waals surface area contributed by atoms with Gasteiger partial charge in [-0.1, -0.05) is 11.6 Å². The number of hydrogen-bond donors (Lipinski definition) is 0. The topological polar surface area (TPSA) is 92.9 Å². The Kier molecular flexibility index (Phi) is 4.78. The first-order valence-electron chi connectivity index (χ1n) is 9.59. The van der Waals surface area contributed by atoms with Gasteiger partial charge in [-0.15, -0.1) is 10.2 Å². The zero-order valence-electron chi connectivity index (χ0n) is 15.9. The number of halogens is 2. The molecular formula is C19H18ClFN8O. The Hall–Kier alpha value is -3.14. The second-order valence-corrected chi connectivity index (χ2v) is 7.97. The smallest absolute Gasteiger partial charge is 0.225 e. The minimum atomic E-state index is -0.242. The Balaban J connectivity index is 1.25. The van der Waals surface area contributed by atoms with E-state index in [9.17, 15) is 9.18 Å². The van der Waals surface area contributed by atoms with E-state index in [1.54, 1.807) is 24.5 Å².